The Hall–Kier alpha value is -3.35. The van der Waals surface area contributed by atoms with Gasteiger partial charge in [0.2, 0.25) is 0 Å². The van der Waals surface area contributed by atoms with Crippen molar-refractivity contribution >= 4 is 5.69 Å². The first-order valence-electron chi connectivity index (χ1n) is 11.1. The molecule has 3 heterocycles. The second-order valence-electron chi connectivity index (χ2n) is 7.32. The Morgan fingerprint density at radius 2 is 1.71 bits per heavy atom. The lowest BCUT2D eigenvalue weighted by Crippen LogP contribution is -2.43. The highest BCUT2D eigenvalue weighted by Gasteiger charge is 2.43. The number of ether oxygens (including phenoxy) is 1. The predicted molar refractivity (Wildman–Crippen MR) is 131 cm³/mol. The molecule has 4 rings (SSSR count). The van der Waals surface area contributed by atoms with E-state index in [1.807, 2.05) is 32.0 Å². The summed E-state index contributed by atoms with van der Waals surface area (Å²) in [5, 5.41) is 36.4. The van der Waals surface area contributed by atoms with Crippen LogP contribution in [0.4, 0.5) is 5.69 Å². The molecule has 1 aliphatic heterocycles. The molecular weight excluding hydrogens is 456 g/mol. The molecule has 1 saturated heterocycles. The van der Waals surface area contributed by atoms with Gasteiger partial charge in [-0.15, -0.1) is 0 Å². The van der Waals surface area contributed by atoms with Crippen molar-refractivity contribution in [1.29, 1.82) is 0 Å². The first kappa shape index (κ1) is 27.9. The van der Waals surface area contributed by atoms with Crippen LogP contribution in [0.1, 0.15) is 25.8 Å². The molecule has 1 aromatic carbocycles. The Morgan fingerprint density at radius 3 is 2.34 bits per heavy atom. The number of hydrogen-bond donors (Lipinski definition) is 5. The minimum absolute atomic E-state index is 0.108. The number of nitrogens with zero attached hydrogens (tertiary/aromatic N) is 3. The lowest BCUT2D eigenvalue weighted by atomic mass is 10.1. The van der Waals surface area contributed by atoms with Gasteiger partial charge < -0.3 is 30.9 Å². The van der Waals surface area contributed by atoms with Crippen LogP contribution in [0, 0.1) is 0 Å². The van der Waals surface area contributed by atoms with E-state index < -0.39 is 42.4 Å². The lowest BCUT2D eigenvalue weighted by molar-refractivity contribution is -0.0555. The molecule has 0 bridgehead atoms. The standard InChI is InChI=1S/C21H22N4O6.C2H6.CH4O/c22-14-3-1-2-12(8-14)13-4-6-23-15(9-13)10-25-17(27)5-7-24(21(25)30)20-19(29)18(28)16(11-26)31-20;2*1-2/h1-9,16,18-20,26,28-29H,10-11,22H2;1-2H3;2H,1H3. The fourth-order valence-electron chi connectivity index (χ4n) is 3.60. The quantitative estimate of drug-likeness (QED) is 0.309. The summed E-state index contributed by atoms with van der Waals surface area (Å²) < 4.78 is 7.38. The molecule has 1 fully saturated rings. The van der Waals surface area contributed by atoms with Crippen molar-refractivity contribution < 1.29 is 25.2 Å². The maximum absolute atomic E-state index is 13.0. The van der Waals surface area contributed by atoms with Gasteiger partial charge in [-0.1, -0.05) is 26.0 Å². The van der Waals surface area contributed by atoms with Gasteiger partial charge in [0.15, 0.2) is 6.23 Å². The van der Waals surface area contributed by atoms with E-state index in [-0.39, 0.29) is 6.54 Å². The van der Waals surface area contributed by atoms with Crippen molar-refractivity contribution in [3.8, 4) is 11.1 Å². The van der Waals surface area contributed by atoms with E-state index in [4.69, 9.17) is 15.6 Å². The Bertz CT molecular complexity index is 1210. The van der Waals surface area contributed by atoms with Crippen molar-refractivity contribution in [3.63, 3.8) is 0 Å². The van der Waals surface area contributed by atoms with Crippen molar-refractivity contribution in [2.24, 2.45) is 0 Å². The van der Waals surface area contributed by atoms with Crippen LogP contribution in [-0.4, -0.2) is 66.6 Å². The topological polar surface area (TPSA) is 173 Å². The summed E-state index contributed by atoms with van der Waals surface area (Å²) in [6.07, 6.45) is -2.31. The number of aliphatic hydroxyl groups is 4. The largest absolute Gasteiger partial charge is 0.400 e. The van der Waals surface area contributed by atoms with Gasteiger partial charge in [0, 0.05) is 31.3 Å². The molecule has 4 unspecified atom stereocenters. The molecule has 11 heteroatoms. The number of hydrogen-bond acceptors (Lipinski definition) is 9. The van der Waals surface area contributed by atoms with Gasteiger partial charge in [0.1, 0.15) is 18.3 Å². The van der Waals surface area contributed by atoms with E-state index in [1.165, 1.54) is 6.20 Å². The number of benzene rings is 1. The number of nitrogen functional groups attached to an aromatic ring is 1. The molecule has 190 valence electrons. The Kier molecular flexibility index (Phi) is 10.3. The van der Waals surface area contributed by atoms with E-state index in [0.29, 0.717) is 11.4 Å². The van der Waals surface area contributed by atoms with Crippen LogP contribution in [0.3, 0.4) is 0 Å². The van der Waals surface area contributed by atoms with E-state index in [0.717, 1.165) is 33.4 Å². The monoisotopic (exact) mass is 488 g/mol. The molecule has 11 nitrogen and oxygen atoms in total. The van der Waals surface area contributed by atoms with Gasteiger partial charge in [-0.05, 0) is 35.4 Å². The third-order valence-corrected chi connectivity index (χ3v) is 5.24. The average Bonchev–Trinajstić information content (AvgIpc) is 3.18. The highest BCUT2D eigenvalue weighted by Crippen LogP contribution is 2.28. The number of nitrogens with two attached hydrogens (primary N) is 1. The smallest absolute Gasteiger partial charge is 0.333 e. The SMILES string of the molecule is CC.CO.Nc1cccc(-c2ccnc(Cn3c(=O)ccn(C4OC(CO)C(O)C4O)c3=O)c2)c1. The van der Waals surface area contributed by atoms with Crippen molar-refractivity contribution in [1.82, 2.24) is 14.1 Å². The number of pyridine rings is 1. The summed E-state index contributed by atoms with van der Waals surface area (Å²) in [4.78, 5) is 29.6. The molecule has 3 aromatic rings. The Morgan fingerprint density at radius 1 is 1.03 bits per heavy atom. The maximum atomic E-state index is 13.0. The molecule has 4 atom stereocenters. The number of rotatable bonds is 5. The first-order chi connectivity index (χ1) is 16.9. The molecule has 6 N–H and O–H groups in total. The zero-order valence-corrected chi connectivity index (χ0v) is 19.9. The van der Waals surface area contributed by atoms with Gasteiger partial charge in [-0.3, -0.25) is 18.9 Å². The summed E-state index contributed by atoms with van der Waals surface area (Å²) in [7, 11) is 1.00. The highest BCUT2D eigenvalue weighted by molar-refractivity contribution is 5.67. The van der Waals surface area contributed by atoms with Crippen LogP contribution in [0.25, 0.3) is 11.1 Å². The minimum Gasteiger partial charge on any atom is -0.400 e. The Labute approximate surface area is 202 Å². The maximum Gasteiger partial charge on any atom is 0.333 e. The Balaban J connectivity index is 0.00000103. The fraction of sp³-hybridized carbons (Fsp3) is 0.375. The summed E-state index contributed by atoms with van der Waals surface area (Å²) >= 11 is 0. The molecule has 2 aromatic heterocycles. The summed E-state index contributed by atoms with van der Waals surface area (Å²) in [6, 6.07) is 12.0. The predicted octanol–water partition coefficient (Wildman–Crippen LogP) is -0.0513. The normalized spacial score (nSPS) is 20.9. The number of aliphatic hydroxyl groups excluding tert-OH is 4. The van der Waals surface area contributed by atoms with Crippen LogP contribution < -0.4 is 17.0 Å². The molecule has 1 aliphatic rings. The second kappa shape index (κ2) is 12.9. The molecular formula is C24H32N4O7. The summed E-state index contributed by atoms with van der Waals surface area (Å²) in [5.41, 5.74) is 7.33. The van der Waals surface area contributed by atoms with E-state index in [9.17, 15) is 24.9 Å². The zero-order chi connectivity index (χ0) is 26.1. The molecule has 0 amide bonds. The fourth-order valence-corrected chi connectivity index (χ4v) is 3.60. The van der Waals surface area contributed by atoms with Crippen LogP contribution in [-0.2, 0) is 11.3 Å². The van der Waals surface area contributed by atoms with Crippen LogP contribution in [0.2, 0.25) is 0 Å². The zero-order valence-electron chi connectivity index (χ0n) is 19.9. The van der Waals surface area contributed by atoms with Crippen molar-refractivity contribution in [2.75, 3.05) is 19.5 Å². The molecule has 35 heavy (non-hydrogen) atoms. The van der Waals surface area contributed by atoms with Crippen molar-refractivity contribution in [3.05, 3.63) is 81.4 Å². The first-order valence-corrected chi connectivity index (χ1v) is 11.1. The number of aromatic nitrogens is 3. The van der Waals surface area contributed by atoms with Crippen molar-refractivity contribution in [2.45, 2.75) is 44.9 Å². The minimum atomic E-state index is -1.44. The molecule has 0 radical (unpaired) electrons. The lowest BCUT2D eigenvalue weighted by Gasteiger charge is -2.18. The van der Waals surface area contributed by atoms with E-state index in [1.54, 1.807) is 24.4 Å². The summed E-state index contributed by atoms with van der Waals surface area (Å²) in [5.74, 6) is 0. The van der Waals surface area contributed by atoms with Crippen LogP contribution in [0.5, 0.6) is 0 Å². The average molecular weight is 489 g/mol. The van der Waals surface area contributed by atoms with Crippen LogP contribution >= 0.6 is 0 Å². The van der Waals surface area contributed by atoms with Gasteiger partial charge in [0.25, 0.3) is 5.56 Å². The third-order valence-electron chi connectivity index (χ3n) is 5.24. The molecule has 0 saturated carbocycles. The van der Waals surface area contributed by atoms with E-state index >= 15 is 0 Å². The summed E-state index contributed by atoms with van der Waals surface area (Å²) in [6.45, 7) is 3.37. The molecule has 0 aliphatic carbocycles. The number of anilines is 1. The van der Waals surface area contributed by atoms with Gasteiger partial charge in [0.05, 0.1) is 18.8 Å². The third kappa shape index (κ3) is 6.21. The molecule has 0 spiro atoms. The highest BCUT2D eigenvalue weighted by atomic mass is 16.6. The van der Waals surface area contributed by atoms with Gasteiger partial charge in [-0.25, -0.2) is 4.79 Å². The van der Waals surface area contributed by atoms with Gasteiger partial charge >= 0.3 is 5.69 Å². The van der Waals surface area contributed by atoms with E-state index in [2.05, 4.69) is 4.98 Å². The van der Waals surface area contributed by atoms with Gasteiger partial charge in [-0.2, -0.15) is 0 Å². The van der Waals surface area contributed by atoms with Crippen LogP contribution in [0.15, 0.2) is 64.4 Å². The second-order valence-corrected chi connectivity index (χ2v) is 7.32.